The molecule has 38 heavy (non-hydrogen) atoms. The number of benzene rings is 2. The minimum absolute atomic E-state index is 0.000483. The van der Waals surface area contributed by atoms with Crippen molar-refractivity contribution in [2.24, 2.45) is 0 Å². The number of carbonyl (C=O) groups is 2. The minimum Gasteiger partial charge on any atom is -0.507 e. The third-order valence-electron chi connectivity index (χ3n) is 6.53. The van der Waals surface area contributed by atoms with E-state index in [-0.39, 0.29) is 11.3 Å². The molecule has 2 aliphatic heterocycles. The van der Waals surface area contributed by atoms with Gasteiger partial charge in [-0.1, -0.05) is 6.07 Å². The third kappa shape index (κ3) is 4.77. The number of fused-ring (bicyclic) bond motifs is 1. The van der Waals surface area contributed by atoms with E-state index in [1.807, 2.05) is 17.7 Å². The van der Waals surface area contributed by atoms with E-state index in [0.717, 1.165) is 0 Å². The van der Waals surface area contributed by atoms with E-state index in [1.54, 1.807) is 48.9 Å². The fourth-order valence-corrected chi connectivity index (χ4v) is 4.77. The molecular weight excluding hydrogens is 490 g/mol. The van der Waals surface area contributed by atoms with E-state index >= 15 is 0 Å². The quantitative estimate of drug-likeness (QED) is 0.259. The summed E-state index contributed by atoms with van der Waals surface area (Å²) >= 11 is 0. The zero-order chi connectivity index (χ0) is 26.6. The fourth-order valence-electron chi connectivity index (χ4n) is 4.77. The third-order valence-corrected chi connectivity index (χ3v) is 6.53. The molecule has 10 heteroatoms. The summed E-state index contributed by atoms with van der Waals surface area (Å²) in [6, 6.07) is 9.38. The van der Waals surface area contributed by atoms with Gasteiger partial charge in [-0.15, -0.1) is 0 Å². The van der Waals surface area contributed by atoms with E-state index in [2.05, 4.69) is 4.98 Å². The van der Waals surface area contributed by atoms with Crippen LogP contribution in [0.4, 0.5) is 0 Å². The van der Waals surface area contributed by atoms with Crippen LogP contribution in [0.5, 0.6) is 23.0 Å². The summed E-state index contributed by atoms with van der Waals surface area (Å²) in [7, 11) is 1.53. The maximum atomic E-state index is 13.4. The Morgan fingerprint density at radius 3 is 2.63 bits per heavy atom. The Kier molecular flexibility index (Phi) is 7.21. The van der Waals surface area contributed by atoms with Gasteiger partial charge in [-0.25, -0.2) is 4.98 Å². The molecule has 0 saturated carbocycles. The molecule has 1 aromatic heterocycles. The molecule has 3 heterocycles. The summed E-state index contributed by atoms with van der Waals surface area (Å²) in [6.07, 6.45) is 5.81. The highest BCUT2D eigenvalue weighted by Crippen LogP contribution is 2.43. The van der Waals surface area contributed by atoms with Crippen LogP contribution >= 0.6 is 0 Å². The van der Waals surface area contributed by atoms with Gasteiger partial charge in [0.1, 0.15) is 19.0 Å². The molecule has 0 spiro atoms. The molecule has 0 aliphatic carbocycles. The normalized spacial score (nSPS) is 18.1. The molecule has 0 bridgehead atoms. The Hall–Kier alpha value is -4.47. The number of ketones is 1. The van der Waals surface area contributed by atoms with Gasteiger partial charge < -0.3 is 33.5 Å². The highest BCUT2D eigenvalue weighted by molar-refractivity contribution is 6.46. The smallest absolute Gasteiger partial charge is 0.295 e. The van der Waals surface area contributed by atoms with Crippen molar-refractivity contribution in [2.75, 3.05) is 33.5 Å². The number of methoxy groups -OCH3 is 1. The molecule has 1 atom stereocenters. The van der Waals surface area contributed by atoms with Crippen molar-refractivity contribution in [2.45, 2.75) is 25.9 Å². The molecule has 1 N–H and O–H groups in total. The van der Waals surface area contributed by atoms with Crippen LogP contribution in [-0.2, 0) is 16.1 Å². The zero-order valence-electron chi connectivity index (χ0n) is 21.3. The number of aliphatic hydroxyl groups is 1. The molecule has 10 nitrogen and oxygen atoms in total. The Morgan fingerprint density at radius 2 is 1.89 bits per heavy atom. The van der Waals surface area contributed by atoms with Crippen molar-refractivity contribution >= 4 is 17.4 Å². The Bertz CT molecular complexity index is 1370. The SMILES string of the molecule is CCOc1ccc([C@@H]2C(=C(O)c3ccc4c(c3)OCCO4)C(=O)C(=O)N2CCCn2ccnc2)cc1OC. The maximum absolute atomic E-state index is 13.4. The second-order valence-corrected chi connectivity index (χ2v) is 8.85. The summed E-state index contributed by atoms with van der Waals surface area (Å²) < 4.78 is 24.3. The lowest BCUT2D eigenvalue weighted by Gasteiger charge is -2.26. The summed E-state index contributed by atoms with van der Waals surface area (Å²) in [5.41, 5.74) is 0.973. The van der Waals surface area contributed by atoms with Crippen molar-refractivity contribution < 1.29 is 33.6 Å². The zero-order valence-corrected chi connectivity index (χ0v) is 21.3. The van der Waals surface area contributed by atoms with Gasteiger partial charge in [0.2, 0.25) is 0 Å². The molecule has 2 aromatic carbocycles. The van der Waals surface area contributed by atoms with Gasteiger partial charge in [0, 0.05) is 31.0 Å². The molecule has 1 amide bonds. The first-order valence-corrected chi connectivity index (χ1v) is 12.5. The van der Waals surface area contributed by atoms with Crippen LogP contribution in [0.15, 0.2) is 60.7 Å². The van der Waals surface area contributed by atoms with Crippen LogP contribution in [-0.4, -0.2) is 64.7 Å². The molecule has 0 radical (unpaired) electrons. The number of aliphatic hydroxyl groups excluding tert-OH is 1. The molecule has 198 valence electrons. The van der Waals surface area contributed by atoms with Crippen LogP contribution in [0, 0.1) is 0 Å². The largest absolute Gasteiger partial charge is 0.507 e. The molecule has 0 unspecified atom stereocenters. The van der Waals surface area contributed by atoms with Gasteiger partial charge >= 0.3 is 0 Å². The first-order valence-electron chi connectivity index (χ1n) is 12.5. The molecular formula is C28H29N3O7. The summed E-state index contributed by atoms with van der Waals surface area (Å²) in [4.78, 5) is 32.2. The topological polar surface area (TPSA) is 112 Å². The second-order valence-electron chi connectivity index (χ2n) is 8.85. The summed E-state index contributed by atoms with van der Waals surface area (Å²) in [5, 5.41) is 11.4. The number of ether oxygens (including phenoxy) is 4. The van der Waals surface area contributed by atoms with Crippen LogP contribution in [0.2, 0.25) is 0 Å². The number of rotatable bonds is 9. The van der Waals surface area contributed by atoms with Gasteiger partial charge in [0.05, 0.1) is 31.7 Å². The number of hydrogen-bond acceptors (Lipinski definition) is 8. The second kappa shape index (κ2) is 10.9. The number of nitrogens with zero attached hydrogens (tertiary/aromatic N) is 3. The number of hydrogen-bond donors (Lipinski definition) is 1. The van der Waals surface area contributed by atoms with Gasteiger partial charge in [0.15, 0.2) is 23.0 Å². The first-order chi connectivity index (χ1) is 18.5. The lowest BCUT2D eigenvalue weighted by molar-refractivity contribution is -0.139. The van der Waals surface area contributed by atoms with Crippen LogP contribution in [0.1, 0.15) is 30.5 Å². The van der Waals surface area contributed by atoms with Crippen LogP contribution < -0.4 is 18.9 Å². The van der Waals surface area contributed by atoms with Gasteiger partial charge in [-0.05, 0) is 49.2 Å². The number of carbonyl (C=O) groups excluding carboxylic acids is 2. The average Bonchev–Trinajstić information content (AvgIpc) is 3.55. The minimum atomic E-state index is -0.824. The standard InChI is InChI=1S/C28H29N3O7/c1-3-36-20-7-5-18(15-22(20)35-2)25-24(26(32)19-6-8-21-23(16-19)38-14-13-37-21)27(33)28(34)31(25)11-4-10-30-12-9-29-17-30/h5-9,12,15-17,25,32H,3-4,10-11,13-14H2,1-2H3/t25-/m1/s1. The van der Waals surface area contributed by atoms with E-state index in [1.165, 1.54) is 12.0 Å². The number of likely N-dealkylation sites (tertiary alicyclic amines) is 1. The van der Waals surface area contributed by atoms with E-state index < -0.39 is 17.7 Å². The van der Waals surface area contributed by atoms with Gasteiger partial charge in [-0.3, -0.25) is 9.59 Å². The van der Waals surface area contributed by atoms with E-state index in [0.29, 0.717) is 73.5 Å². The predicted molar refractivity (Wildman–Crippen MR) is 137 cm³/mol. The number of aromatic nitrogens is 2. The van der Waals surface area contributed by atoms with Crippen molar-refractivity contribution in [3.8, 4) is 23.0 Å². The Morgan fingerprint density at radius 1 is 1.08 bits per heavy atom. The maximum Gasteiger partial charge on any atom is 0.295 e. The molecule has 2 aliphatic rings. The van der Waals surface area contributed by atoms with Gasteiger partial charge in [-0.2, -0.15) is 0 Å². The highest BCUT2D eigenvalue weighted by Gasteiger charge is 2.46. The summed E-state index contributed by atoms with van der Waals surface area (Å²) in [5.74, 6) is 0.325. The molecule has 1 fully saturated rings. The van der Waals surface area contributed by atoms with Gasteiger partial charge in [0.25, 0.3) is 11.7 Å². The molecule has 3 aromatic rings. The number of imidazole rings is 1. The van der Waals surface area contributed by atoms with E-state index in [9.17, 15) is 14.7 Å². The number of aryl methyl sites for hydroxylation is 1. The lowest BCUT2D eigenvalue weighted by Crippen LogP contribution is -2.31. The monoisotopic (exact) mass is 519 g/mol. The van der Waals surface area contributed by atoms with Crippen molar-refractivity contribution in [3.05, 3.63) is 71.8 Å². The predicted octanol–water partition coefficient (Wildman–Crippen LogP) is 3.57. The highest BCUT2D eigenvalue weighted by atomic mass is 16.6. The van der Waals surface area contributed by atoms with E-state index in [4.69, 9.17) is 18.9 Å². The summed E-state index contributed by atoms with van der Waals surface area (Å²) in [6.45, 7) is 4.04. The number of Topliss-reactive ketones (excluding diaryl/α,β-unsaturated/α-hetero) is 1. The molecule has 5 rings (SSSR count). The Balaban J connectivity index is 1.56. The fraction of sp³-hybridized carbons (Fsp3) is 0.321. The van der Waals surface area contributed by atoms with Crippen LogP contribution in [0.25, 0.3) is 5.76 Å². The number of amides is 1. The van der Waals surface area contributed by atoms with Crippen LogP contribution in [0.3, 0.4) is 0 Å². The van der Waals surface area contributed by atoms with Crippen molar-refractivity contribution in [3.63, 3.8) is 0 Å². The lowest BCUT2D eigenvalue weighted by atomic mass is 9.94. The molecule has 1 saturated heterocycles. The Labute approximate surface area is 220 Å². The average molecular weight is 520 g/mol. The van der Waals surface area contributed by atoms with Crippen molar-refractivity contribution in [1.29, 1.82) is 0 Å². The van der Waals surface area contributed by atoms with Crippen molar-refractivity contribution in [1.82, 2.24) is 14.5 Å². The first kappa shape index (κ1) is 25.2.